The number of hydrogen-bond acceptors (Lipinski definition) is 13. The minimum Gasteiger partial charge on any atom is -0.481 e. The van der Waals surface area contributed by atoms with Crippen LogP contribution in [0.5, 0.6) is 5.75 Å². The normalized spacial score (nSPS) is 14.0. The first-order chi connectivity index (χ1) is 27.5. The van der Waals surface area contributed by atoms with Gasteiger partial charge in [-0.05, 0) is 50.3 Å². The summed E-state index contributed by atoms with van der Waals surface area (Å²) in [6.45, 7) is 8.63. The number of carboxylic acids is 1. The summed E-state index contributed by atoms with van der Waals surface area (Å²) in [4.78, 5) is 88.0. The molecule has 0 saturated carbocycles. The molecule has 1 amide bonds. The number of ketones is 1. The van der Waals surface area contributed by atoms with Crippen molar-refractivity contribution in [1.29, 1.82) is 0 Å². The summed E-state index contributed by atoms with van der Waals surface area (Å²) in [6.07, 6.45) is 8.09. The van der Waals surface area contributed by atoms with E-state index in [2.05, 4.69) is 24.1 Å². The average Bonchev–Trinajstić information content (AvgIpc) is 3.13. The van der Waals surface area contributed by atoms with Crippen LogP contribution in [0.25, 0.3) is 0 Å². The Balaban J connectivity index is 3.29. The van der Waals surface area contributed by atoms with E-state index in [0.29, 0.717) is 37.0 Å². The van der Waals surface area contributed by atoms with Crippen LogP contribution >= 0.6 is 0 Å². The molecule has 3 N–H and O–H groups in total. The van der Waals surface area contributed by atoms with E-state index in [1.165, 1.54) is 26.3 Å². The second-order valence-corrected chi connectivity index (χ2v) is 13.9. The van der Waals surface area contributed by atoms with Crippen LogP contribution in [0.3, 0.4) is 0 Å². The fraction of sp³-hybridized carbons (Fsp3) is 0.605. The molecule has 1 aromatic rings. The van der Waals surface area contributed by atoms with Gasteiger partial charge in [0.2, 0.25) is 18.5 Å². The first-order valence-electron chi connectivity index (χ1n) is 19.8. The van der Waals surface area contributed by atoms with E-state index in [1.54, 1.807) is 31.2 Å². The van der Waals surface area contributed by atoms with Gasteiger partial charge in [-0.2, -0.15) is 0 Å². The number of nitrogens with one attached hydrogen (secondary N) is 1. The summed E-state index contributed by atoms with van der Waals surface area (Å²) < 4.78 is 25.4. The van der Waals surface area contributed by atoms with Crippen molar-refractivity contribution in [2.45, 2.75) is 156 Å². The lowest BCUT2D eigenvalue weighted by atomic mass is 9.82. The predicted molar refractivity (Wildman–Crippen MR) is 212 cm³/mol. The Bertz CT molecular complexity index is 1580. The number of Topliss-reactive ketones (excluding diaryl/α,β-unsaturated/α-hetero) is 1. The molecule has 1 aromatic carbocycles. The first-order valence-corrected chi connectivity index (χ1v) is 19.8. The lowest BCUT2D eigenvalue weighted by molar-refractivity contribution is -0.192. The average molecular weight is 816 g/mol. The van der Waals surface area contributed by atoms with Gasteiger partial charge in [-0.15, -0.1) is 5.92 Å². The highest BCUT2D eigenvalue weighted by molar-refractivity contribution is 5.95. The molecule has 15 heteroatoms. The van der Waals surface area contributed by atoms with Gasteiger partial charge in [0.15, 0.2) is 5.60 Å². The largest absolute Gasteiger partial charge is 0.481 e. The number of carbonyl (C=O) groups is 7. The van der Waals surface area contributed by atoms with E-state index >= 15 is 0 Å². The van der Waals surface area contributed by atoms with Gasteiger partial charge in [0.05, 0.1) is 12.3 Å². The molecule has 1 rings (SSSR count). The van der Waals surface area contributed by atoms with Crippen LogP contribution in [0, 0.1) is 17.8 Å². The monoisotopic (exact) mass is 815 g/mol. The van der Waals surface area contributed by atoms with Crippen molar-refractivity contribution >= 4 is 41.5 Å². The molecule has 0 aliphatic heterocycles. The molecule has 322 valence electrons. The maximum Gasteiger partial charge on any atom is 0.337 e. The number of esters is 4. The van der Waals surface area contributed by atoms with Gasteiger partial charge in [-0.25, -0.2) is 9.59 Å². The van der Waals surface area contributed by atoms with Crippen molar-refractivity contribution in [2.24, 2.45) is 5.92 Å². The zero-order valence-corrected chi connectivity index (χ0v) is 34.7. The highest BCUT2D eigenvalue weighted by atomic mass is 16.7. The van der Waals surface area contributed by atoms with Gasteiger partial charge in [-0.1, -0.05) is 75.7 Å². The molecule has 15 nitrogen and oxygen atoms in total. The predicted octanol–water partition coefficient (Wildman–Crippen LogP) is 5.67. The number of carbonyl (C=O) groups excluding carboxylic acids is 6. The van der Waals surface area contributed by atoms with Crippen LogP contribution < -0.4 is 10.1 Å². The lowest BCUT2D eigenvalue weighted by Crippen LogP contribution is -2.56. The Hall–Kier alpha value is -5.23. The van der Waals surface area contributed by atoms with Crippen LogP contribution in [0.4, 0.5) is 0 Å². The van der Waals surface area contributed by atoms with E-state index < -0.39 is 72.3 Å². The number of unbranched alkanes of at least 4 members (excludes halogenated alkanes) is 8. The maximum atomic E-state index is 14.0. The number of carboxylic acid groups (broad SMARTS) is 1. The third kappa shape index (κ3) is 21.3. The van der Waals surface area contributed by atoms with Crippen molar-refractivity contribution in [1.82, 2.24) is 5.32 Å². The van der Waals surface area contributed by atoms with E-state index in [-0.39, 0.29) is 18.8 Å². The Morgan fingerprint density at radius 2 is 1.38 bits per heavy atom. The van der Waals surface area contributed by atoms with Crippen molar-refractivity contribution in [3.8, 4) is 17.6 Å². The number of benzene rings is 1. The number of hydrogen-bond donors (Lipinski definition) is 3. The maximum absolute atomic E-state index is 14.0. The minimum absolute atomic E-state index is 0.146. The summed E-state index contributed by atoms with van der Waals surface area (Å²) in [5.74, 6) is -2.73. The van der Waals surface area contributed by atoms with E-state index in [1.807, 2.05) is 0 Å². The molecule has 0 radical (unpaired) electrons. The molecule has 0 fully saturated rings. The summed E-state index contributed by atoms with van der Waals surface area (Å²) in [5.41, 5.74) is -2.60. The number of aliphatic hydroxyl groups is 1. The molecule has 0 aliphatic rings. The zero-order valence-electron chi connectivity index (χ0n) is 34.7. The Kier molecular flexibility index (Phi) is 24.7. The SMILES string of the molecule is CC#CCOc1ccc(C[C@H](NC(=O)[C@@H](/C=C/CCCCCCC(=O)CCCCCCC)[C@@](O)(CC(=O)OC(C)OC(C)=O)C(=O)O)C(=O)OC(C)OC(C)=O)cc1. The molecule has 5 atom stereocenters. The molecule has 0 aromatic heterocycles. The van der Waals surface area contributed by atoms with Crippen LogP contribution in [-0.4, -0.2) is 82.6 Å². The number of aliphatic carboxylic acids is 1. The highest BCUT2D eigenvalue weighted by Crippen LogP contribution is 2.27. The highest BCUT2D eigenvalue weighted by Gasteiger charge is 2.50. The first kappa shape index (κ1) is 50.8. The molecular weight excluding hydrogens is 754 g/mol. The second-order valence-electron chi connectivity index (χ2n) is 13.9. The lowest BCUT2D eigenvalue weighted by Gasteiger charge is -2.30. The zero-order chi connectivity index (χ0) is 43.5. The topological polar surface area (TPSA) is 218 Å². The van der Waals surface area contributed by atoms with Crippen LogP contribution in [-0.2, 0) is 58.9 Å². The summed E-state index contributed by atoms with van der Waals surface area (Å²) in [7, 11) is 0. The molecule has 0 heterocycles. The Morgan fingerprint density at radius 1 is 0.810 bits per heavy atom. The minimum atomic E-state index is -3.11. The Morgan fingerprint density at radius 3 is 1.93 bits per heavy atom. The van der Waals surface area contributed by atoms with Gasteiger partial charge in [-0.3, -0.25) is 24.0 Å². The fourth-order valence-corrected chi connectivity index (χ4v) is 5.81. The van der Waals surface area contributed by atoms with Crippen molar-refractivity contribution in [2.75, 3.05) is 6.61 Å². The van der Waals surface area contributed by atoms with E-state index in [0.717, 1.165) is 64.9 Å². The van der Waals surface area contributed by atoms with Crippen LogP contribution in [0.1, 0.15) is 131 Å². The van der Waals surface area contributed by atoms with Crippen molar-refractivity contribution in [3.05, 3.63) is 42.0 Å². The molecule has 0 bridgehead atoms. The molecule has 0 spiro atoms. The van der Waals surface area contributed by atoms with E-state index in [4.69, 9.17) is 23.7 Å². The molecular formula is C43H61NO14. The van der Waals surface area contributed by atoms with Gasteiger partial charge in [0.25, 0.3) is 0 Å². The van der Waals surface area contributed by atoms with E-state index in [9.17, 15) is 43.8 Å². The molecule has 58 heavy (non-hydrogen) atoms. The molecule has 0 aliphatic carbocycles. The van der Waals surface area contributed by atoms with Gasteiger partial charge >= 0.3 is 29.8 Å². The second kappa shape index (κ2) is 28.2. The third-order valence-electron chi connectivity index (χ3n) is 8.74. The number of allylic oxidation sites excluding steroid dienone is 1. The fourth-order valence-electron chi connectivity index (χ4n) is 5.81. The molecule has 0 saturated heterocycles. The smallest absolute Gasteiger partial charge is 0.337 e. The number of rotatable bonds is 29. The van der Waals surface area contributed by atoms with Gasteiger partial charge < -0.3 is 39.2 Å². The van der Waals surface area contributed by atoms with Crippen LogP contribution in [0.2, 0.25) is 0 Å². The van der Waals surface area contributed by atoms with Gasteiger partial charge in [0, 0.05) is 47.0 Å². The summed E-state index contributed by atoms with van der Waals surface area (Å²) in [5, 5.41) is 24.3. The van der Waals surface area contributed by atoms with Crippen molar-refractivity contribution < 1.29 is 67.5 Å². The third-order valence-corrected chi connectivity index (χ3v) is 8.74. The molecule has 2 unspecified atom stereocenters. The number of amides is 1. The summed E-state index contributed by atoms with van der Waals surface area (Å²) >= 11 is 0. The summed E-state index contributed by atoms with van der Waals surface area (Å²) in [6, 6.07) is 4.96. The number of ether oxygens (including phenoxy) is 5. The Labute approximate surface area is 341 Å². The van der Waals surface area contributed by atoms with Crippen molar-refractivity contribution in [3.63, 3.8) is 0 Å². The van der Waals surface area contributed by atoms with Gasteiger partial charge in [0.1, 0.15) is 24.2 Å². The van der Waals surface area contributed by atoms with Crippen LogP contribution in [0.15, 0.2) is 36.4 Å². The standard InChI is InChI=1S/C43H61NO14/c1-7-9-11-14-17-20-35(47)21-18-15-12-13-16-19-22-37(43(53,42(51)52)29-39(48)57-32(5)55-30(3)45)40(49)44-38(41(50)58-33(6)56-31(4)46)28-34-23-25-36(26-24-34)54-27-10-8-2/h19,22-26,32-33,37-38,53H,7,9,11-18,20-21,27-29H2,1-6H3,(H,44,49)(H,51,52)/b22-19+/t32?,33?,37-,38+,43+/m1/s1. The quantitative estimate of drug-likeness (QED) is 0.0292.